The van der Waals surface area contributed by atoms with Crippen LogP contribution in [0.15, 0.2) is 53.0 Å². The summed E-state index contributed by atoms with van der Waals surface area (Å²) >= 11 is 3.38. The maximum Gasteiger partial charge on any atom is 0.339 e. The van der Waals surface area contributed by atoms with Gasteiger partial charge in [-0.1, -0.05) is 98.5 Å². The van der Waals surface area contributed by atoms with E-state index in [0.717, 1.165) is 22.9 Å². The topological polar surface area (TPSA) is 52.6 Å². The Kier molecular flexibility index (Phi) is 12.0. The summed E-state index contributed by atoms with van der Waals surface area (Å²) in [4.78, 5) is 25.0. The first kappa shape index (κ1) is 25.1. The van der Waals surface area contributed by atoms with Gasteiger partial charge in [0.25, 0.3) is 0 Å². The Morgan fingerprint density at radius 1 is 0.710 bits per heavy atom. The second-order valence-electron chi connectivity index (χ2n) is 7.71. The second-order valence-corrected chi connectivity index (χ2v) is 8.63. The van der Waals surface area contributed by atoms with Gasteiger partial charge in [0.2, 0.25) is 0 Å². The molecular formula is C26H33BrO4. The van der Waals surface area contributed by atoms with Crippen LogP contribution < -0.4 is 0 Å². The highest BCUT2D eigenvalue weighted by Gasteiger charge is 2.19. The van der Waals surface area contributed by atoms with Gasteiger partial charge >= 0.3 is 11.9 Å². The number of halogens is 1. The van der Waals surface area contributed by atoms with Crippen LogP contribution in [0.3, 0.4) is 0 Å². The van der Waals surface area contributed by atoms with Crippen LogP contribution in [-0.2, 0) is 16.1 Å². The van der Waals surface area contributed by atoms with Crippen molar-refractivity contribution in [2.24, 2.45) is 0 Å². The van der Waals surface area contributed by atoms with Crippen molar-refractivity contribution in [2.45, 2.75) is 71.3 Å². The molecule has 0 radical (unpaired) electrons. The van der Waals surface area contributed by atoms with Gasteiger partial charge in [0, 0.05) is 4.47 Å². The minimum Gasteiger partial charge on any atom is -0.462 e. The number of hydrogen-bond acceptors (Lipinski definition) is 4. The fourth-order valence-corrected chi connectivity index (χ4v) is 3.57. The fraction of sp³-hybridized carbons (Fsp3) is 0.462. The first-order chi connectivity index (χ1) is 15.1. The molecule has 0 bridgehead atoms. The highest BCUT2D eigenvalue weighted by atomic mass is 79.9. The zero-order valence-corrected chi connectivity index (χ0v) is 20.0. The van der Waals surface area contributed by atoms with Crippen LogP contribution in [0.4, 0.5) is 0 Å². The molecule has 5 heteroatoms. The third-order valence-electron chi connectivity index (χ3n) is 5.13. The van der Waals surface area contributed by atoms with E-state index >= 15 is 0 Å². The van der Waals surface area contributed by atoms with E-state index in [2.05, 4.69) is 22.9 Å². The van der Waals surface area contributed by atoms with Crippen molar-refractivity contribution in [3.63, 3.8) is 0 Å². The van der Waals surface area contributed by atoms with Crippen LogP contribution in [0.25, 0.3) is 0 Å². The Morgan fingerprint density at radius 3 is 1.81 bits per heavy atom. The van der Waals surface area contributed by atoms with Crippen molar-refractivity contribution in [3.05, 3.63) is 69.7 Å². The molecule has 0 aromatic heterocycles. The number of ether oxygens (including phenoxy) is 2. The normalized spacial score (nSPS) is 10.6. The molecule has 2 aromatic rings. The lowest BCUT2D eigenvalue weighted by Gasteiger charge is -2.10. The third-order valence-corrected chi connectivity index (χ3v) is 5.66. The molecule has 2 aromatic carbocycles. The van der Waals surface area contributed by atoms with E-state index in [1.54, 1.807) is 24.3 Å². The van der Waals surface area contributed by atoms with Gasteiger partial charge in [0.05, 0.1) is 17.7 Å². The molecule has 0 fully saturated rings. The minimum absolute atomic E-state index is 0.147. The van der Waals surface area contributed by atoms with Crippen LogP contribution in [0.1, 0.15) is 91.0 Å². The first-order valence-corrected chi connectivity index (χ1v) is 12.1. The molecule has 0 aliphatic heterocycles. The summed E-state index contributed by atoms with van der Waals surface area (Å²) in [6, 6.07) is 14.2. The zero-order chi connectivity index (χ0) is 22.3. The molecule has 0 saturated heterocycles. The summed E-state index contributed by atoms with van der Waals surface area (Å²) in [5.41, 5.74) is 1.36. The maximum absolute atomic E-state index is 12.5. The van der Waals surface area contributed by atoms with E-state index in [0.29, 0.717) is 6.61 Å². The number of carbonyl (C=O) groups excluding carboxylic acids is 2. The van der Waals surface area contributed by atoms with Crippen LogP contribution in [0.5, 0.6) is 0 Å². The predicted octanol–water partition coefficient (Wildman–Crippen LogP) is 7.49. The summed E-state index contributed by atoms with van der Waals surface area (Å²) in [7, 11) is 0. The van der Waals surface area contributed by atoms with Gasteiger partial charge in [-0.15, -0.1) is 0 Å². The van der Waals surface area contributed by atoms with Gasteiger partial charge < -0.3 is 9.47 Å². The summed E-state index contributed by atoms with van der Waals surface area (Å²) < 4.78 is 11.8. The zero-order valence-electron chi connectivity index (χ0n) is 18.4. The molecule has 0 amide bonds. The number of benzene rings is 2. The summed E-state index contributed by atoms with van der Waals surface area (Å²) in [6.07, 6.45) is 10.8. The summed E-state index contributed by atoms with van der Waals surface area (Å²) in [5.74, 6) is -1.01. The number of hydrogen-bond donors (Lipinski definition) is 0. The molecule has 0 unspecified atom stereocenters. The van der Waals surface area contributed by atoms with Gasteiger partial charge in [0.15, 0.2) is 0 Å². The van der Waals surface area contributed by atoms with E-state index in [-0.39, 0.29) is 17.7 Å². The average molecular weight is 489 g/mol. The minimum atomic E-state index is -0.529. The van der Waals surface area contributed by atoms with Crippen molar-refractivity contribution in [1.82, 2.24) is 0 Å². The Morgan fingerprint density at radius 2 is 1.23 bits per heavy atom. The predicted molar refractivity (Wildman–Crippen MR) is 127 cm³/mol. The lowest BCUT2D eigenvalue weighted by Crippen LogP contribution is -2.14. The molecule has 0 atom stereocenters. The van der Waals surface area contributed by atoms with Crippen LogP contribution in [-0.4, -0.2) is 18.5 Å². The standard InChI is InChI=1S/C26H33BrO4/c1-2-3-4-5-6-7-8-9-12-19-30-25(28)23-13-10-11-14-24(23)26(29)31-20-21-15-17-22(27)18-16-21/h10-11,13-18H,2-9,12,19-20H2,1H3. The molecule has 0 saturated carbocycles. The van der Waals surface area contributed by atoms with Gasteiger partial charge in [-0.3, -0.25) is 0 Å². The largest absolute Gasteiger partial charge is 0.462 e. The van der Waals surface area contributed by atoms with E-state index in [1.165, 1.54) is 44.9 Å². The van der Waals surface area contributed by atoms with Crippen molar-refractivity contribution < 1.29 is 19.1 Å². The molecule has 0 spiro atoms. The Hall–Kier alpha value is -2.14. The number of unbranched alkanes of at least 4 members (excludes halogenated alkanes) is 8. The maximum atomic E-state index is 12.5. The van der Waals surface area contributed by atoms with Crippen LogP contribution in [0.2, 0.25) is 0 Å². The Bertz CT molecular complexity index is 801. The lowest BCUT2D eigenvalue weighted by atomic mass is 10.1. The molecule has 0 aliphatic carbocycles. The van der Waals surface area contributed by atoms with E-state index < -0.39 is 11.9 Å². The van der Waals surface area contributed by atoms with Crippen molar-refractivity contribution >= 4 is 27.9 Å². The fourth-order valence-electron chi connectivity index (χ4n) is 3.30. The van der Waals surface area contributed by atoms with Crippen LogP contribution in [0, 0.1) is 0 Å². The summed E-state index contributed by atoms with van der Waals surface area (Å²) in [5, 5.41) is 0. The van der Waals surface area contributed by atoms with E-state index in [1.807, 2.05) is 24.3 Å². The first-order valence-electron chi connectivity index (χ1n) is 11.3. The molecule has 4 nitrogen and oxygen atoms in total. The average Bonchev–Trinajstić information content (AvgIpc) is 2.79. The molecule has 0 N–H and O–H groups in total. The Labute approximate surface area is 194 Å². The van der Waals surface area contributed by atoms with Crippen LogP contribution >= 0.6 is 15.9 Å². The highest BCUT2D eigenvalue weighted by molar-refractivity contribution is 9.10. The number of carbonyl (C=O) groups is 2. The molecular weight excluding hydrogens is 456 g/mol. The number of esters is 2. The van der Waals surface area contributed by atoms with E-state index in [9.17, 15) is 9.59 Å². The lowest BCUT2D eigenvalue weighted by molar-refractivity contribution is 0.0436. The van der Waals surface area contributed by atoms with Gasteiger partial charge in [-0.2, -0.15) is 0 Å². The second kappa shape index (κ2) is 14.8. The molecule has 0 heterocycles. The molecule has 168 valence electrons. The monoisotopic (exact) mass is 488 g/mol. The molecule has 31 heavy (non-hydrogen) atoms. The third kappa shape index (κ3) is 9.69. The Balaban J connectivity index is 1.73. The number of rotatable bonds is 14. The van der Waals surface area contributed by atoms with Gasteiger partial charge in [0.1, 0.15) is 6.61 Å². The smallest absolute Gasteiger partial charge is 0.339 e. The van der Waals surface area contributed by atoms with Gasteiger partial charge in [-0.05, 0) is 36.2 Å². The molecule has 0 aliphatic rings. The van der Waals surface area contributed by atoms with Gasteiger partial charge in [-0.25, -0.2) is 9.59 Å². The SMILES string of the molecule is CCCCCCCCCCCOC(=O)c1ccccc1C(=O)OCc1ccc(Br)cc1. The van der Waals surface area contributed by atoms with Crippen molar-refractivity contribution in [1.29, 1.82) is 0 Å². The molecule has 2 rings (SSSR count). The summed E-state index contributed by atoms with van der Waals surface area (Å²) in [6.45, 7) is 2.75. The van der Waals surface area contributed by atoms with Crippen molar-refractivity contribution in [3.8, 4) is 0 Å². The highest BCUT2D eigenvalue weighted by Crippen LogP contribution is 2.16. The quantitative estimate of drug-likeness (QED) is 0.204. The van der Waals surface area contributed by atoms with Crippen molar-refractivity contribution in [2.75, 3.05) is 6.61 Å². The van der Waals surface area contributed by atoms with E-state index in [4.69, 9.17) is 9.47 Å².